The predicted octanol–water partition coefficient (Wildman–Crippen LogP) is 3.44. The second kappa shape index (κ2) is 8.18. The van der Waals surface area contributed by atoms with Gasteiger partial charge in [0.05, 0.1) is 6.10 Å². The van der Waals surface area contributed by atoms with Gasteiger partial charge < -0.3 is 20.5 Å². The molecular weight excluding hydrogens is 361 g/mol. The number of rotatable bonds is 6. The molecule has 1 saturated carbocycles. The summed E-state index contributed by atoms with van der Waals surface area (Å²) in [5, 5.41) is 15.7. The van der Waals surface area contributed by atoms with Crippen molar-refractivity contribution in [3.63, 3.8) is 0 Å². The minimum atomic E-state index is -4.62. The van der Waals surface area contributed by atoms with Crippen LogP contribution in [0.15, 0.2) is 6.07 Å². The van der Waals surface area contributed by atoms with Gasteiger partial charge in [-0.05, 0) is 43.9 Å². The van der Waals surface area contributed by atoms with Crippen molar-refractivity contribution >= 4 is 11.6 Å². The monoisotopic (exact) mass is 388 g/mol. The molecule has 1 aliphatic heterocycles. The number of alkyl halides is 3. The third kappa shape index (κ3) is 5.22. The van der Waals surface area contributed by atoms with Crippen molar-refractivity contribution in [2.75, 3.05) is 30.4 Å². The first-order chi connectivity index (χ1) is 12.8. The Morgan fingerprint density at radius 3 is 2.52 bits per heavy atom. The molecule has 1 aliphatic carbocycles. The summed E-state index contributed by atoms with van der Waals surface area (Å²) in [5.74, 6) is -0.861. The van der Waals surface area contributed by atoms with E-state index in [1.54, 1.807) is 0 Å². The van der Waals surface area contributed by atoms with Crippen molar-refractivity contribution in [1.82, 2.24) is 9.97 Å². The van der Waals surface area contributed by atoms with Crippen LogP contribution < -0.4 is 10.6 Å². The lowest BCUT2D eigenvalue weighted by Crippen LogP contribution is -2.35. The molecule has 0 spiro atoms. The summed E-state index contributed by atoms with van der Waals surface area (Å²) in [5.41, 5.74) is 0.00471. The van der Waals surface area contributed by atoms with Crippen LogP contribution in [0.25, 0.3) is 0 Å². The Bertz CT molecular complexity index is 636. The number of nitrogens with zero attached hydrogens (tertiary/aromatic N) is 2. The summed E-state index contributed by atoms with van der Waals surface area (Å²) >= 11 is 0. The summed E-state index contributed by atoms with van der Waals surface area (Å²) < 4.78 is 45.1. The van der Waals surface area contributed by atoms with E-state index in [0.29, 0.717) is 39.0 Å². The quantitative estimate of drug-likeness (QED) is 0.693. The Hall–Kier alpha value is -1.61. The molecule has 1 aromatic heterocycles. The third-order valence-corrected chi connectivity index (χ3v) is 5.68. The van der Waals surface area contributed by atoms with E-state index in [-0.39, 0.29) is 23.1 Å². The average molecular weight is 388 g/mol. The van der Waals surface area contributed by atoms with Crippen molar-refractivity contribution in [3.8, 4) is 0 Å². The second-order valence-corrected chi connectivity index (χ2v) is 7.59. The summed E-state index contributed by atoms with van der Waals surface area (Å²) in [6.45, 7) is 3.98. The number of anilines is 2. The highest BCUT2D eigenvalue weighted by atomic mass is 19.4. The van der Waals surface area contributed by atoms with Crippen molar-refractivity contribution in [3.05, 3.63) is 11.9 Å². The van der Waals surface area contributed by atoms with Crippen molar-refractivity contribution < 1.29 is 23.0 Å². The van der Waals surface area contributed by atoms with Gasteiger partial charge in [0, 0.05) is 31.9 Å². The molecule has 152 valence electrons. The molecular formula is C18H27F3N4O2. The van der Waals surface area contributed by atoms with Crippen LogP contribution in [0.3, 0.4) is 0 Å². The molecule has 2 heterocycles. The number of halogens is 3. The Balaban J connectivity index is 1.75. The van der Waals surface area contributed by atoms with Crippen LogP contribution in [0.1, 0.15) is 51.3 Å². The fraction of sp³-hybridized carbons (Fsp3) is 0.778. The molecule has 0 bridgehead atoms. The molecule has 9 heteroatoms. The SMILES string of the molecule is CCC1(CNc2cc(N[C@@H]3CC[C@@H](O)C3)nc(C(F)(F)F)n2)CCOCC1. The van der Waals surface area contributed by atoms with E-state index < -0.39 is 18.1 Å². The van der Waals surface area contributed by atoms with Gasteiger partial charge in [0.15, 0.2) is 0 Å². The smallest absolute Gasteiger partial charge is 0.393 e. The maximum absolute atomic E-state index is 13.2. The van der Waals surface area contributed by atoms with Crippen LogP contribution in [0.5, 0.6) is 0 Å². The van der Waals surface area contributed by atoms with Crippen molar-refractivity contribution in [2.24, 2.45) is 5.41 Å². The van der Waals surface area contributed by atoms with Crippen LogP contribution in [0.2, 0.25) is 0 Å². The molecule has 0 unspecified atom stereocenters. The molecule has 3 rings (SSSR count). The zero-order valence-electron chi connectivity index (χ0n) is 15.5. The number of hydrogen-bond acceptors (Lipinski definition) is 6. The zero-order chi connectivity index (χ0) is 19.5. The number of aromatic nitrogens is 2. The second-order valence-electron chi connectivity index (χ2n) is 7.59. The molecule has 1 aromatic rings. The van der Waals surface area contributed by atoms with E-state index in [0.717, 1.165) is 19.3 Å². The maximum Gasteiger partial charge on any atom is 0.451 e. The fourth-order valence-electron chi connectivity index (χ4n) is 3.77. The summed E-state index contributed by atoms with van der Waals surface area (Å²) in [7, 11) is 0. The Kier molecular flexibility index (Phi) is 6.10. The maximum atomic E-state index is 13.2. The van der Waals surface area contributed by atoms with Gasteiger partial charge >= 0.3 is 6.18 Å². The van der Waals surface area contributed by atoms with Crippen molar-refractivity contribution in [1.29, 1.82) is 0 Å². The van der Waals surface area contributed by atoms with Gasteiger partial charge in [-0.15, -0.1) is 0 Å². The normalized spacial score (nSPS) is 25.4. The third-order valence-electron chi connectivity index (χ3n) is 5.68. The van der Waals surface area contributed by atoms with Gasteiger partial charge in [0.25, 0.3) is 0 Å². The molecule has 0 radical (unpaired) electrons. The minimum Gasteiger partial charge on any atom is -0.393 e. The first-order valence-electron chi connectivity index (χ1n) is 9.52. The standard InChI is InChI=1S/C18H27F3N4O2/c1-2-17(5-7-27-8-6-17)11-22-14-10-15(23-12-3-4-13(26)9-12)25-16(24-14)18(19,20)21/h10,12-13,26H,2-9,11H2,1H3,(H2,22,23,24,25)/t12-,13-/m1/s1. The summed E-state index contributed by atoms with van der Waals surface area (Å²) in [6.07, 6.45) is -0.516. The highest BCUT2D eigenvalue weighted by Crippen LogP contribution is 2.35. The number of hydrogen-bond donors (Lipinski definition) is 3. The first kappa shape index (κ1) is 20.1. The van der Waals surface area contributed by atoms with Crippen LogP contribution in [0, 0.1) is 5.41 Å². The van der Waals surface area contributed by atoms with Gasteiger partial charge in [-0.1, -0.05) is 6.92 Å². The van der Waals surface area contributed by atoms with E-state index >= 15 is 0 Å². The Morgan fingerprint density at radius 1 is 1.22 bits per heavy atom. The van der Waals surface area contributed by atoms with E-state index in [1.807, 2.05) is 0 Å². The zero-order valence-corrected chi connectivity index (χ0v) is 15.5. The summed E-state index contributed by atoms with van der Waals surface area (Å²) in [6, 6.07) is 1.43. The van der Waals surface area contributed by atoms with E-state index in [1.165, 1.54) is 6.07 Å². The Morgan fingerprint density at radius 2 is 1.93 bits per heavy atom. The summed E-state index contributed by atoms with van der Waals surface area (Å²) in [4.78, 5) is 7.31. The van der Waals surface area contributed by atoms with Gasteiger partial charge in [-0.25, -0.2) is 9.97 Å². The molecule has 27 heavy (non-hydrogen) atoms. The van der Waals surface area contributed by atoms with E-state index in [2.05, 4.69) is 27.5 Å². The molecule has 0 aromatic carbocycles. The molecule has 6 nitrogen and oxygen atoms in total. The van der Waals surface area contributed by atoms with E-state index in [4.69, 9.17) is 4.74 Å². The largest absolute Gasteiger partial charge is 0.451 e. The van der Waals surface area contributed by atoms with E-state index in [9.17, 15) is 18.3 Å². The van der Waals surface area contributed by atoms with Crippen molar-refractivity contribution in [2.45, 2.75) is 63.8 Å². The lowest BCUT2D eigenvalue weighted by molar-refractivity contribution is -0.144. The lowest BCUT2D eigenvalue weighted by atomic mass is 9.78. The molecule has 2 atom stereocenters. The van der Waals surface area contributed by atoms with Gasteiger partial charge in [-0.2, -0.15) is 13.2 Å². The number of aliphatic hydroxyl groups is 1. The lowest BCUT2D eigenvalue weighted by Gasteiger charge is -2.36. The number of ether oxygens (including phenoxy) is 1. The highest BCUT2D eigenvalue weighted by molar-refractivity contribution is 5.48. The van der Waals surface area contributed by atoms with Gasteiger partial charge in [-0.3, -0.25) is 0 Å². The predicted molar refractivity (Wildman–Crippen MR) is 95.6 cm³/mol. The molecule has 2 fully saturated rings. The molecule has 0 amide bonds. The Labute approximate surface area is 156 Å². The average Bonchev–Trinajstić information content (AvgIpc) is 3.04. The number of aliphatic hydroxyl groups excluding tert-OH is 1. The van der Waals surface area contributed by atoms with Crippen LogP contribution in [-0.4, -0.2) is 47.0 Å². The van der Waals surface area contributed by atoms with Crippen LogP contribution >= 0.6 is 0 Å². The highest BCUT2D eigenvalue weighted by Gasteiger charge is 2.36. The van der Waals surface area contributed by atoms with Gasteiger partial charge in [0.1, 0.15) is 11.6 Å². The molecule has 2 aliphatic rings. The molecule has 1 saturated heterocycles. The van der Waals surface area contributed by atoms with Crippen LogP contribution in [0.4, 0.5) is 24.8 Å². The van der Waals surface area contributed by atoms with Gasteiger partial charge in [0.2, 0.25) is 5.82 Å². The first-order valence-corrected chi connectivity index (χ1v) is 9.52. The molecule has 3 N–H and O–H groups in total. The number of nitrogens with one attached hydrogen (secondary N) is 2. The topological polar surface area (TPSA) is 79.3 Å². The minimum absolute atomic E-state index is 0.00471. The fourth-order valence-corrected chi connectivity index (χ4v) is 3.77. The van der Waals surface area contributed by atoms with Crippen LogP contribution in [-0.2, 0) is 10.9 Å².